The zero-order valence-electron chi connectivity index (χ0n) is 7.62. The highest BCUT2D eigenvalue weighted by Crippen LogP contribution is 2.29. The molecule has 2 rings (SSSR count). The molecule has 0 spiro atoms. The summed E-state index contributed by atoms with van der Waals surface area (Å²) in [6.07, 6.45) is 1.89. The van der Waals surface area contributed by atoms with Gasteiger partial charge in [-0.05, 0) is 17.7 Å². The number of hydrogen-bond acceptors (Lipinski definition) is 3. The normalized spacial score (nSPS) is 10.1. The Hall–Kier alpha value is -0.870. The number of benzene rings is 1. The Morgan fingerprint density at radius 3 is 2.93 bits per heavy atom. The van der Waals surface area contributed by atoms with Crippen molar-refractivity contribution in [3.63, 3.8) is 0 Å². The topological polar surface area (TPSA) is 24.9 Å². The number of hydrogen-bond donors (Lipinski definition) is 1. The Balaban J connectivity index is 2.39. The van der Waals surface area contributed by atoms with E-state index in [4.69, 9.17) is 0 Å². The summed E-state index contributed by atoms with van der Waals surface area (Å²) in [6, 6.07) is 8.21. The Bertz CT molecular complexity index is 439. The lowest BCUT2D eigenvalue weighted by Crippen LogP contribution is -1.83. The molecule has 0 atom stereocenters. The quantitative estimate of drug-likeness (QED) is 0.900. The molecule has 1 aromatic heterocycles. The largest absolute Gasteiger partial charge is 0.365 e. The van der Waals surface area contributed by atoms with Gasteiger partial charge in [0, 0.05) is 17.7 Å². The van der Waals surface area contributed by atoms with Gasteiger partial charge in [0.1, 0.15) is 0 Å². The minimum Gasteiger partial charge on any atom is -0.365 e. The molecule has 1 N–H and O–H groups in total. The van der Waals surface area contributed by atoms with E-state index in [0.717, 1.165) is 9.60 Å². The second kappa shape index (κ2) is 4.11. The summed E-state index contributed by atoms with van der Waals surface area (Å²) >= 11 is 5.10. The van der Waals surface area contributed by atoms with Gasteiger partial charge in [-0.2, -0.15) is 0 Å². The first-order chi connectivity index (χ1) is 6.79. The van der Waals surface area contributed by atoms with E-state index in [-0.39, 0.29) is 0 Å². The van der Waals surface area contributed by atoms with E-state index in [1.807, 2.05) is 25.4 Å². The highest BCUT2D eigenvalue weighted by molar-refractivity contribution is 9.10. The Kier molecular flexibility index (Phi) is 2.84. The predicted octanol–water partition coefficient (Wildman–Crippen LogP) is 3.61. The number of halogens is 1. The van der Waals surface area contributed by atoms with Crippen molar-refractivity contribution >= 4 is 32.4 Å². The van der Waals surface area contributed by atoms with E-state index in [9.17, 15) is 0 Å². The molecule has 0 aliphatic heterocycles. The molecule has 0 aliphatic carbocycles. The average molecular weight is 269 g/mol. The summed E-state index contributed by atoms with van der Waals surface area (Å²) in [4.78, 5) is 5.41. The number of aromatic nitrogens is 1. The third-order valence-corrected chi connectivity index (χ3v) is 3.39. The Morgan fingerprint density at radius 1 is 1.43 bits per heavy atom. The Morgan fingerprint density at radius 2 is 2.29 bits per heavy atom. The lowest BCUT2D eigenvalue weighted by Gasteiger charge is -1.96. The molecule has 0 radical (unpaired) electrons. The van der Waals surface area contributed by atoms with E-state index in [1.54, 1.807) is 11.3 Å². The third-order valence-electron chi connectivity index (χ3n) is 1.83. The first kappa shape index (κ1) is 9.68. The van der Waals surface area contributed by atoms with E-state index >= 15 is 0 Å². The zero-order chi connectivity index (χ0) is 9.97. The number of nitrogens with one attached hydrogen (secondary N) is 1. The van der Waals surface area contributed by atoms with Crippen LogP contribution in [0.3, 0.4) is 0 Å². The van der Waals surface area contributed by atoms with Gasteiger partial charge in [0.15, 0.2) is 5.13 Å². The summed E-state index contributed by atoms with van der Waals surface area (Å²) < 4.78 is 1.09. The fourth-order valence-corrected chi connectivity index (χ4v) is 2.33. The number of rotatable bonds is 2. The van der Waals surface area contributed by atoms with E-state index < -0.39 is 0 Å². The van der Waals surface area contributed by atoms with Gasteiger partial charge in [0.2, 0.25) is 0 Å². The molecule has 0 aliphatic rings. The fraction of sp³-hybridized carbons (Fsp3) is 0.100. The van der Waals surface area contributed by atoms with Crippen LogP contribution in [0.15, 0.2) is 34.9 Å². The molecule has 0 saturated heterocycles. The number of thiazole rings is 1. The summed E-state index contributed by atoms with van der Waals surface area (Å²) in [7, 11) is 1.88. The maximum absolute atomic E-state index is 4.23. The van der Waals surface area contributed by atoms with E-state index in [1.165, 1.54) is 10.4 Å². The summed E-state index contributed by atoms with van der Waals surface area (Å²) in [5.41, 5.74) is 1.19. The van der Waals surface area contributed by atoms with Crippen molar-refractivity contribution in [3.05, 3.63) is 34.9 Å². The highest BCUT2D eigenvalue weighted by Gasteiger charge is 2.02. The Labute approximate surface area is 95.1 Å². The third kappa shape index (κ3) is 1.96. The molecule has 0 amide bonds. The van der Waals surface area contributed by atoms with Crippen LogP contribution in [0.4, 0.5) is 5.13 Å². The summed E-state index contributed by atoms with van der Waals surface area (Å²) in [6.45, 7) is 0. The van der Waals surface area contributed by atoms with Crippen molar-refractivity contribution in [2.75, 3.05) is 12.4 Å². The van der Waals surface area contributed by atoms with Crippen molar-refractivity contribution in [2.24, 2.45) is 0 Å². The molecule has 0 unspecified atom stereocenters. The van der Waals surface area contributed by atoms with Gasteiger partial charge in [-0.1, -0.05) is 39.4 Å². The minimum atomic E-state index is 0.944. The standard InChI is InChI=1S/C10H9BrN2S/c1-12-10-13-6-9(14-10)7-3-2-4-8(11)5-7/h2-6H,1H3,(H,12,13). The van der Waals surface area contributed by atoms with Gasteiger partial charge in [0.25, 0.3) is 0 Å². The maximum Gasteiger partial charge on any atom is 0.182 e. The fourth-order valence-electron chi connectivity index (χ4n) is 1.16. The number of anilines is 1. The molecule has 0 fully saturated rings. The van der Waals surface area contributed by atoms with Crippen molar-refractivity contribution in [2.45, 2.75) is 0 Å². The van der Waals surface area contributed by atoms with Crippen molar-refractivity contribution in [1.29, 1.82) is 0 Å². The lowest BCUT2D eigenvalue weighted by atomic mass is 10.2. The first-order valence-electron chi connectivity index (χ1n) is 4.19. The van der Waals surface area contributed by atoms with Gasteiger partial charge < -0.3 is 5.32 Å². The van der Waals surface area contributed by atoms with Crippen LogP contribution in [-0.2, 0) is 0 Å². The van der Waals surface area contributed by atoms with E-state index in [2.05, 4.69) is 38.4 Å². The molecular formula is C10H9BrN2S. The SMILES string of the molecule is CNc1ncc(-c2cccc(Br)c2)s1. The van der Waals surface area contributed by atoms with Crippen LogP contribution in [-0.4, -0.2) is 12.0 Å². The summed E-state index contributed by atoms with van der Waals surface area (Å²) in [5.74, 6) is 0. The molecule has 72 valence electrons. The number of nitrogens with zero attached hydrogens (tertiary/aromatic N) is 1. The average Bonchev–Trinajstić information content (AvgIpc) is 2.66. The van der Waals surface area contributed by atoms with Crippen LogP contribution in [0.25, 0.3) is 10.4 Å². The van der Waals surface area contributed by atoms with Gasteiger partial charge >= 0.3 is 0 Å². The van der Waals surface area contributed by atoms with Gasteiger partial charge in [-0.3, -0.25) is 0 Å². The minimum absolute atomic E-state index is 0.944. The van der Waals surface area contributed by atoms with Crippen LogP contribution in [0, 0.1) is 0 Å². The van der Waals surface area contributed by atoms with Gasteiger partial charge in [-0.15, -0.1) is 0 Å². The van der Waals surface area contributed by atoms with E-state index in [0.29, 0.717) is 0 Å². The highest BCUT2D eigenvalue weighted by atomic mass is 79.9. The first-order valence-corrected chi connectivity index (χ1v) is 5.80. The summed E-state index contributed by atoms with van der Waals surface area (Å²) in [5, 5.41) is 3.97. The van der Waals surface area contributed by atoms with Crippen LogP contribution in [0.5, 0.6) is 0 Å². The monoisotopic (exact) mass is 268 g/mol. The molecule has 2 aromatic rings. The smallest absolute Gasteiger partial charge is 0.182 e. The van der Waals surface area contributed by atoms with Crippen LogP contribution in [0.1, 0.15) is 0 Å². The van der Waals surface area contributed by atoms with Crippen LogP contribution in [0.2, 0.25) is 0 Å². The van der Waals surface area contributed by atoms with Crippen molar-refractivity contribution in [1.82, 2.24) is 4.98 Å². The zero-order valence-corrected chi connectivity index (χ0v) is 10.0. The van der Waals surface area contributed by atoms with Crippen LogP contribution < -0.4 is 5.32 Å². The second-order valence-corrected chi connectivity index (χ2v) is 4.74. The van der Waals surface area contributed by atoms with Crippen molar-refractivity contribution < 1.29 is 0 Å². The molecule has 0 saturated carbocycles. The molecule has 4 heteroatoms. The molecule has 14 heavy (non-hydrogen) atoms. The maximum atomic E-state index is 4.23. The molecular weight excluding hydrogens is 260 g/mol. The predicted molar refractivity (Wildman–Crippen MR) is 64.8 cm³/mol. The molecule has 1 aromatic carbocycles. The van der Waals surface area contributed by atoms with Gasteiger partial charge in [0.05, 0.1) is 4.88 Å². The van der Waals surface area contributed by atoms with Crippen molar-refractivity contribution in [3.8, 4) is 10.4 Å². The lowest BCUT2D eigenvalue weighted by molar-refractivity contribution is 1.37. The molecule has 2 nitrogen and oxygen atoms in total. The molecule has 1 heterocycles. The molecule has 0 bridgehead atoms. The van der Waals surface area contributed by atoms with Crippen LogP contribution >= 0.6 is 27.3 Å². The second-order valence-electron chi connectivity index (χ2n) is 2.79. The van der Waals surface area contributed by atoms with Gasteiger partial charge in [-0.25, -0.2) is 4.98 Å².